The molecule has 9 heteroatoms. The number of amides is 1. The third kappa shape index (κ3) is 5.68. The normalized spacial score (nSPS) is 11.3. The van der Waals surface area contributed by atoms with Crippen molar-refractivity contribution in [2.75, 3.05) is 41.0 Å². The quantitative estimate of drug-likeness (QED) is 0.566. The molecule has 0 radical (unpaired) electrons. The van der Waals surface area contributed by atoms with E-state index in [0.717, 1.165) is 5.56 Å². The first-order valence-corrected chi connectivity index (χ1v) is 11.4. The van der Waals surface area contributed by atoms with E-state index in [1.165, 1.54) is 29.6 Å². The number of carbonyl (C=O) groups is 1. The van der Waals surface area contributed by atoms with Gasteiger partial charge in [-0.2, -0.15) is 4.31 Å². The van der Waals surface area contributed by atoms with E-state index in [4.69, 9.17) is 14.2 Å². The number of methoxy groups -OCH3 is 3. The molecular weight excluding hydrogens is 420 g/mol. The lowest BCUT2D eigenvalue weighted by Gasteiger charge is -2.19. The molecule has 0 saturated heterocycles. The average Bonchev–Trinajstić information content (AvgIpc) is 2.78. The molecule has 0 fully saturated rings. The van der Waals surface area contributed by atoms with Gasteiger partial charge in [-0.3, -0.25) is 4.79 Å². The van der Waals surface area contributed by atoms with E-state index >= 15 is 0 Å². The molecule has 0 heterocycles. The van der Waals surface area contributed by atoms with Gasteiger partial charge in [0.15, 0.2) is 11.5 Å². The Labute approximate surface area is 184 Å². The minimum absolute atomic E-state index is 0.0574. The highest BCUT2D eigenvalue weighted by Gasteiger charge is 2.24. The summed E-state index contributed by atoms with van der Waals surface area (Å²) in [6, 6.07) is 9.86. The second kappa shape index (κ2) is 11.0. The molecule has 2 aromatic rings. The SMILES string of the molecule is CCN(CC)S(=O)(=O)c1ccc(OC)c(C(=O)NCCc2ccc(OC)c(OC)c2)c1. The van der Waals surface area contributed by atoms with Crippen LogP contribution in [-0.4, -0.2) is 59.6 Å². The van der Waals surface area contributed by atoms with Crippen LogP contribution in [0.15, 0.2) is 41.3 Å². The van der Waals surface area contributed by atoms with Gasteiger partial charge in [-0.25, -0.2) is 8.42 Å². The smallest absolute Gasteiger partial charge is 0.255 e. The monoisotopic (exact) mass is 450 g/mol. The van der Waals surface area contributed by atoms with Crippen LogP contribution in [0.1, 0.15) is 29.8 Å². The van der Waals surface area contributed by atoms with Crippen molar-refractivity contribution in [1.29, 1.82) is 0 Å². The molecule has 2 rings (SSSR count). The number of rotatable bonds is 11. The van der Waals surface area contributed by atoms with Crippen molar-refractivity contribution in [3.8, 4) is 17.2 Å². The highest BCUT2D eigenvalue weighted by Crippen LogP contribution is 2.28. The second-order valence-electron chi connectivity index (χ2n) is 6.65. The number of nitrogens with one attached hydrogen (secondary N) is 1. The van der Waals surface area contributed by atoms with Crippen LogP contribution in [0, 0.1) is 0 Å². The summed E-state index contributed by atoms with van der Waals surface area (Å²) in [5.74, 6) is 1.14. The first-order chi connectivity index (χ1) is 14.8. The van der Waals surface area contributed by atoms with Gasteiger partial charge in [0.2, 0.25) is 10.0 Å². The lowest BCUT2D eigenvalue weighted by molar-refractivity contribution is 0.0951. The second-order valence-corrected chi connectivity index (χ2v) is 8.58. The third-order valence-electron chi connectivity index (χ3n) is 4.91. The Bertz CT molecular complexity index is 1000. The molecule has 8 nitrogen and oxygen atoms in total. The number of sulfonamides is 1. The van der Waals surface area contributed by atoms with Crippen molar-refractivity contribution < 1.29 is 27.4 Å². The van der Waals surface area contributed by atoms with E-state index in [-0.39, 0.29) is 10.5 Å². The zero-order valence-electron chi connectivity index (χ0n) is 18.6. The average molecular weight is 451 g/mol. The minimum atomic E-state index is -3.69. The molecule has 1 amide bonds. The van der Waals surface area contributed by atoms with Crippen molar-refractivity contribution in [1.82, 2.24) is 9.62 Å². The van der Waals surface area contributed by atoms with Crippen molar-refractivity contribution in [2.24, 2.45) is 0 Å². The van der Waals surface area contributed by atoms with Gasteiger partial charge in [0.05, 0.1) is 31.8 Å². The Morgan fingerprint density at radius 2 is 1.52 bits per heavy atom. The largest absolute Gasteiger partial charge is 0.496 e. The molecule has 0 saturated carbocycles. The summed E-state index contributed by atoms with van der Waals surface area (Å²) < 4.78 is 42.8. The van der Waals surface area contributed by atoms with Gasteiger partial charge in [0.1, 0.15) is 5.75 Å². The molecule has 170 valence electrons. The van der Waals surface area contributed by atoms with Crippen LogP contribution in [-0.2, 0) is 16.4 Å². The maximum Gasteiger partial charge on any atom is 0.255 e. The molecule has 1 N–H and O–H groups in total. The number of carbonyl (C=O) groups excluding carboxylic acids is 1. The lowest BCUT2D eigenvalue weighted by atomic mass is 10.1. The molecule has 0 aliphatic carbocycles. The first kappa shape index (κ1) is 24.5. The zero-order valence-corrected chi connectivity index (χ0v) is 19.4. The molecule has 0 aromatic heterocycles. The van der Waals surface area contributed by atoms with Gasteiger partial charge in [-0.15, -0.1) is 0 Å². The van der Waals surface area contributed by atoms with Crippen LogP contribution in [0.4, 0.5) is 0 Å². The third-order valence-corrected chi connectivity index (χ3v) is 6.95. The fraction of sp³-hybridized carbons (Fsp3) is 0.409. The highest BCUT2D eigenvalue weighted by atomic mass is 32.2. The summed E-state index contributed by atoms with van der Waals surface area (Å²) in [6.45, 7) is 4.58. The van der Waals surface area contributed by atoms with E-state index in [9.17, 15) is 13.2 Å². The van der Waals surface area contributed by atoms with Crippen LogP contribution in [0.25, 0.3) is 0 Å². The molecule has 0 bridgehead atoms. The van der Waals surface area contributed by atoms with E-state index in [2.05, 4.69) is 5.32 Å². The number of ether oxygens (including phenoxy) is 3. The van der Waals surface area contributed by atoms with Gasteiger partial charge in [-0.05, 0) is 42.3 Å². The fourth-order valence-corrected chi connectivity index (χ4v) is 4.67. The summed E-state index contributed by atoms with van der Waals surface area (Å²) in [4.78, 5) is 12.8. The molecule has 0 unspecified atom stereocenters. The predicted molar refractivity (Wildman–Crippen MR) is 119 cm³/mol. The number of benzene rings is 2. The van der Waals surface area contributed by atoms with Gasteiger partial charge in [0, 0.05) is 19.6 Å². The van der Waals surface area contributed by atoms with Crippen molar-refractivity contribution >= 4 is 15.9 Å². The molecule has 0 atom stereocenters. The molecule has 31 heavy (non-hydrogen) atoms. The van der Waals surface area contributed by atoms with Gasteiger partial charge < -0.3 is 19.5 Å². The van der Waals surface area contributed by atoms with Crippen molar-refractivity contribution in [3.63, 3.8) is 0 Å². The fourth-order valence-electron chi connectivity index (χ4n) is 3.19. The van der Waals surface area contributed by atoms with E-state index in [0.29, 0.717) is 43.3 Å². The molecule has 2 aromatic carbocycles. The maximum absolute atomic E-state index is 12.8. The molecular formula is C22H30N2O6S. The van der Waals surface area contributed by atoms with Crippen LogP contribution in [0.3, 0.4) is 0 Å². The Morgan fingerprint density at radius 3 is 2.10 bits per heavy atom. The molecule has 0 aliphatic heterocycles. The summed E-state index contributed by atoms with van der Waals surface area (Å²) in [7, 11) is 0.884. The first-order valence-electron chi connectivity index (χ1n) is 9.99. The van der Waals surface area contributed by atoms with Gasteiger partial charge >= 0.3 is 0 Å². The summed E-state index contributed by atoms with van der Waals surface area (Å²) in [5, 5.41) is 2.82. The lowest BCUT2D eigenvalue weighted by Crippen LogP contribution is -2.31. The number of nitrogens with zero attached hydrogens (tertiary/aromatic N) is 1. The van der Waals surface area contributed by atoms with E-state index in [1.807, 2.05) is 12.1 Å². The Hall–Kier alpha value is -2.78. The van der Waals surface area contributed by atoms with E-state index in [1.54, 1.807) is 34.1 Å². The number of hydrogen-bond donors (Lipinski definition) is 1. The predicted octanol–water partition coefficient (Wildman–Crippen LogP) is 2.72. The zero-order chi connectivity index (χ0) is 23.0. The highest BCUT2D eigenvalue weighted by molar-refractivity contribution is 7.89. The summed E-state index contributed by atoms with van der Waals surface area (Å²) in [5.41, 5.74) is 1.13. The molecule has 0 spiro atoms. The van der Waals surface area contributed by atoms with Crippen LogP contribution in [0.2, 0.25) is 0 Å². The summed E-state index contributed by atoms with van der Waals surface area (Å²) in [6.07, 6.45) is 0.561. The maximum atomic E-state index is 12.8. The van der Waals surface area contributed by atoms with Crippen molar-refractivity contribution in [2.45, 2.75) is 25.2 Å². The Kier molecular flexibility index (Phi) is 8.70. The minimum Gasteiger partial charge on any atom is -0.496 e. The molecule has 0 aliphatic rings. The standard InChI is InChI=1S/C22H30N2O6S/c1-6-24(7-2)31(26,27)17-9-11-19(28-3)18(15-17)22(25)23-13-12-16-8-10-20(29-4)21(14-16)30-5/h8-11,14-15H,6-7,12-13H2,1-5H3,(H,23,25). The van der Waals surface area contributed by atoms with E-state index < -0.39 is 15.9 Å². The summed E-state index contributed by atoms with van der Waals surface area (Å²) >= 11 is 0. The van der Waals surface area contributed by atoms with Crippen LogP contribution >= 0.6 is 0 Å². The Morgan fingerprint density at radius 1 is 0.903 bits per heavy atom. The van der Waals surface area contributed by atoms with Crippen molar-refractivity contribution in [3.05, 3.63) is 47.5 Å². The Balaban J connectivity index is 2.17. The number of hydrogen-bond acceptors (Lipinski definition) is 6. The topological polar surface area (TPSA) is 94.2 Å². The van der Waals surface area contributed by atoms with Crippen LogP contribution in [0.5, 0.6) is 17.2 Å². The van der Waals surface area contributed by atoms with Gasteiger partial charge in [0.25, 0.3) is 5.91 Å². The van der Waals surface area contributed by atoms with Gasteiger partial charge in [-0.1, -0.05) is 19.9 Å². The van der Waals surface area contributed by atoms with Crippen LogP contribution < -0.4 is 19.5 Å².